The van der Waals surface area contributed by atoms with Crippen molar-refractivity contribution in [3.8, 4) is 0 Å². The maximum absolute atomic E-state index is 12.3. The van der Waals surface area contributed by atoms with Crippen LogP contribution in [0.15, 0.2) is 16.8 Å². The van der Waals surface area contributed by atoms with E-state index in [1.807, 2.05) is 32.8 Å². The zero-order valence-electron chi connectivity index (χ0n) is 13.4. The number of carbonyl (C=O) groups excluding carboxylic acids is 1. The van der Waals surface area contributed by atoms with Gasteiger partial charge in [-0.1, -0.05) is 5.16 Å². The van der Waals surface area contributed by atoms with Crippen molar-refractivity contribution in [3.05, 3.63) is 35.2 Å². The molecule has 1 N–H and O–H groups in total. The molecule has 2 rings (SSSR count). The van der Waals surface area contributed by atoms with Crippen molar-refractivity contribution in [1.29, 1.82) is 0 Å². The van der Waals surface area contributed by atoms with Crippen LogP contribution < -0.4 is 5.32 Å². The number of nitrogens with one attached hydrogen (secondary N) is 1. The van der Waals surface area contributed by atoms with E-state index >= 15 is 0 Å². The lowest BCUT2D eigenvalue weighted by Crippen LogP contribution is -2.42. The minimum atomic E-state index is -0.762. The fourth-order valence-electron chi connectivity index (χ4n) is 1.85. The largest absolute Gasteiger partial charge is 0.340 e. The molecule has 0 fully saturated rings. The first-order valence-corrected chi connectivity index (χ1v) is 6.87. The summed E-state index contributed by atoms with van der Waals surface area (Å²) in [7, 11) is 3.82. The molecule has 8 heteroatoms. The Bertz CT molecular complexity index is 665. The molecule has 0 aliphatic carbocycles. The van der Waals surface area contributed by atoms with Crippen LogP contribution in [0.2, 0.25) is 0 Å². The van der Waals surface area contributed by atoms with Gasteiger partial charge in [-0.15, -0.1) is 0 Å². The molecule has 2 heterocycles. The molecule has 0 bridgehead atoms. The average Bonchev–Trinajstić information content (AvgIpc) is 2.86. The Morgan fingerprint density at radius 3 is 2.77 bits per heavy atom. The molecule has 0 aliphatic heterocycles. The molecule has 0 atom stereocenters. The van der Waals surface area contributed by atoms with Crippen LogP contribution in [0.3, 0.4) is 0 Å². The number of hydrogen-bond donors (Lipinski definition) is 1. The highest BCUT2D eigenvalue weighted by molar-refractivity contribution is 5.94. The first-order valence-electron chi connectivity index (χ1n) is 6.87. The first kappa shape index (κ1) is 16.0. The molecule has 118 valence electrons. The fraction of sp³-hybridized carbons (Fsp3) is 0.500. The molecule has 0 saturated heterocycles. The maximum atomic E-state index is 12.3. The van der Waals surface area contributed by atoms with Gasteiger partial charge in [0.05, 0.1) is 29.5 Å². The lowest BCUT2D eigenvalue weighted by Gasteiger charge is -2.22. The standard InChI is InChI=1S/C14H20N6O2/c1-9-6-10(7-15-18-9)12(21)17-14(2,3)13-16-11(22-19-13)8-20(4)5/h6-7H,8H2,1-5H3,(H,17,21). The van der Waals surface area contributed by atoms with E-state index in [1.54, 1.807) is 13.0 Å². The maximum Gasteiger partial charge on any atom is 0.253 e. The summed E-state index contributed by atoms with van der Waals surface area (Å²) in [6.45, 7) is 5.96. The monoisotopic (exact) mass is 304 g/mol. The highest BCUT2D eigenvalue weighted by Gasteiger charge is 2.29. The number of amides is 1. The Hall–Kier alpha value is -2.35. The van der Waals surface area contributed by atoms with Crippen molar-refractivity contribution < 1.29 is 9.32 Å². The van der Waals surface area contributed by atoms with Crippen LogP contribution in [0.25, 0.3) is 0 Å². The summed E-state index contributed by atoms with van der Waals surface area (Å²) >= 11 is 0. The minimum absolute atomic E-state index is 0.262. The second-order valence-electron chi connectivity index (χ2n) is 5.91. The number of carbonyl (C=O) groups is 1. The van der Waals surface area contributed by atoms with Crippen LogP contribution >= 0.6 is 0 Å². The molecular formula is C14H20N6O2. The van der Waals surface area contributed by atoms with Gasteiger partial charge in [-0.05, 0) is 40.9 Å². The smallest absolute Gasteiger partial charge is 0.253 e. The molecule has 0 aliphatic rings. The van der Waals surface area contributed by atoms with Gasteiger partial charge >= 0.3 is 0 Å². The molecule has 2 aromatic rings. The number of aryl methyl sites for hydroxylation is 1. The van der Waals surface area contributed by atoms with Gasteiger partial charge in [0.25, 0.3) is 5.91 Å². The fourth-order valence-corrected chi connectivity index (χ4v) is 1.85. The number of rotatable bonds is 5. The second-order valence-corrected chi connectivity index (χ2v) is 5.91. The average molecular weight is 304 g/mol. The third-order valence-corrected chi connectivity index (χ3v) is 2.94. The van der Waals surface area contributed by atoms with Gasteiger partial charge in [0, 0.05) is 0 Å². The van der Waals surface area contributed by atoms with Gasteiger partial charge in [-0.2, -0.15) is 15.2 Å². The van der Waals surface area contributed by atoms with Gasteiger partial charge in [-0.25, -0.2) is 0 Å². The molecule has 2 aromatic heterocycles. The predicted molar refractivity (Wildman–Crippen MR) is 79.0 cm³/mol. The number of aromatic nitrogens is 4. The van der Waals surface area contributed by atoms with Crippen LogP contribution in [0.5, 0.6) is 0 Å². The molecular weight excluding hydrogens is 284 g/mol. The molecule has 0 saturated carbocycles. The van der Waals surface area contributed by atoms with Crippen molar-refractivity contribution >= 4 is 5.91 Å². The van der Waals surface area contributed by atoms with Crippen LogP contribution in [0, 0.1) is 6.92 Å². The van der Waals surface area contributed by atoms with Gasteiger partial charge in [0.15, 0.2) is 5.82 Å². The van der Waals surface area contributed by atoms with E-state index in [1.165, 1.54) is 6.20 Å². The molecule has 0 aromatic carbocycles. The topological polar surface area (TPSA) is 97.0 Å². The molecule has 0 radical (unpaired) electrons. The van der Waals surface area contributed by atoms with Gasteiger partial charge < -0.3 is 14.7 Å². The van der Waals surface area contributed by atoms with Crippen LogP contribution in [0.4, 0.5) is 0 Å². The van der Waals surface area contributed by atoms with Gasteiger partial charge in [0.1, 0.15) is 0 Å². The normalized spacial score (nSPS) is 11.7. The summed E-state index contributed by atoms with van der Waals surface area (Å²) in [4.78, 5) is 18.5. The van der Waals surface area contributed by atoms with Crippen molar-refractivity contribution in [3.63, 3.8) is 0 Å². The third kappa shape index (κ3) is 3.85. The van der Waals surface area contributed by atoms with E-state index in [9.17, 15) is 4.79 Å². The van der Waals surface area contributed by atoms with E-state index in [4.69, 9.17) is 4.52 Å². The zero-order chi connectivity index (χ0) is 16.3. The Morgan fingerprint density at radius 2 is 2.14 bits per heavy atom. The molecule has 22 heavy (non-hydrogen) atoms. The Balaban J connectivity index is 2.13. The number of nitrogens with zero attached hydrogens (tertiary/aromatic N) is 5. The SMILES string of the molecule is Cc1cc(C(=O)NC(C)(C)c2noc(CN(C)C)n2)cnn1. The molecule has 8 nitrogen and oxygen atoms in total. The minimum Gasteiger partial charge on any atom is -0.340 e. The van der Waals surface area contributed by atoms with Gasteiger partial charge in [-0.3, -0.25) is 4.79 Å². The third-order valence-electron chi connectivity index (χ3n) is 2.94. The molecule has 0 unspecified atom stereocenters. The lowest BCUT2D eigenvalue weighted by molar-refractivity contribution is 0.0906. The van der Waals surface area contributed by atoms with E-state index in [0.29, 0.717) is 29.5 Å². The Morgan fingerprint density at radius 1 is 1.41 bits per heavy atom. The Kier molecular flexibility index (Phi) is 4.51. The summed E-state index contributed by atoms with van der Waals surface area (Å²) in [6, 6.07) is 1.67. The molecule has 0 spiro atoms. The summed E-state index contributed by atoms with van der Waals surface area (Å²) < 4.78 is 5.19. The van der Waals surface area contributed by atoms with Crippen LogP contribution in [0.1, 0.15) is 41.6 Å². The van der Waals surface area contributed by atoms with Crippen molar-refractivity contribution in [1.82, 2.24) is 30.6 Å². The van der Waals surface area contributed by atoms with E-state index in [-0.39, 0.29) is 5.91 Å². The van der Waals surface area contributed by atoms with E-state index in [0.717, 1.165) is 0 Å². The van der Waals surface area contributed by atoms with Crippen molar-refractivity contribution in [2.75, 3.05) is 14.1 Å². The predicted octanol–water partition coefficient (Wildman–Crippen LogP) is 0.895. The van der Waals surface area contributed by atoms with Gasteiger partial charge in [0.2, 0.25) is 5.89 Å². The Labute approximate surface area is 128 Å². The van der Waals surface area contributed by atoms with E-state index < -0.39 is 5.54 Å². The lowest BCUT2D eigenvalue weighted by atomic mass is 10.0. The summed E-state index contributed by atoms with van der Waals surface area (Å²) in [5, 5.41) is 14.4. The van der Waals surface area contributed by atoms with Crippen LogP contribution in [-0.4, -0.2) is 45.2 Å². The summed E-state index contributed by atoms with van der Waals surface area (Å²) in [5.74, 6) is 0.669. The molecule has 1 amide bonds. The van der Waals surface area contributed by atoms with E-state index in [2.05, 4.69) is 25.7 Å². The number of hydrogen-bond acceptors (Lipinski definition) is 7. The van der Waals surface area contributed by atoms with Crippen molar-refractivity contribution in [2.45, 2.75) is 32.9 Å². The quantitative estimate of drug-likeness (QED) is 0.876. The summed E-state index contributed by atoms with van der Waals surface area (Å²) in [5.41, 5.74) is 0.360. The van der Waals surface area contributed by atoms with Crippen molar-refractivity contribution in [2.24, 2.45) is 0 Å². The second kappa shape index (κ2) is 6.18. The highest BCUT2D eigenvalue weighted by atomic mass is 16.5. The zero-order valence-corrected chi connectivity index (χ0v) is 13.4. The van der Waals surface area contributed by atoms with Crippen LogP contribution in [-0.2, 0) is 12.1 Å². The summed E-state index contributed by atoms with van der Waals surface area (Å²) in [6.07, 6.45) is 1.42. The first-order chi connectivity index (χ1) is 10.3. The highest BCUT2D eigenvalue weighted by Crippen LogP contribution is 2.18.